The topological polar surface area (TPSA) is 20.2 Å². The first-order chi connectivity index (χ1) is 7.01. The van der Waals surface area contributed by atoms with Gasteiger partial charge in [0.1, 0.15) is 0 Å². The van der Waals surface area contributed by atoms with Crippen LogP contribution in [0.4, 0.5) is 0 Å². The molecule has 0 aliphatic heterocycles. The van der Waals surface area contributed by atoms with Gasteiger partial charge in [-0.1, -0.05) is 28.9 Å². The van der Waals surface area contributed by atoms with Gasteiger partial charge in [-0.05, 0) is 55.4 Å². The summed E-state index contributed by atoms with van der Waals surface area (Å²) in [7, 11) is 0. The minimum absolute atomic E-state index is 0.579. The maximum absolute atomic E-state index is 10.6. The molecular weight excluding hydrogens is 252 g/mol. The van der Waals surface area contributed by atoms with Crippen LogP contribution in [-0.4, -0.2) is 5.11 Å². The number of aryl methyl sites for hydroxylation is 1. The van der Waals surface area contributed by atoms with Gasteiger partial charge in [-0.2, -0.15) is 0 Å². The molecule has 82 valence electrons. The quantitative estimate of drug-likeness (QED) is 0.822. The molecular formula is C13H17BrO. The fourth-order valence-electron chi connectivity index (χ4n) is 2.66. The second-order valence-electron chi connectivity index (χ2n) is 4.84. The maximum atomic E-state index is 10.6. The van der Waals surface area contributed by atoms with Gasteiger partial charge in [0.05, 0.1) is 5.60 Å². The lowest BCUT2D eigenvalue weighted by Crippen LogP contribution is -2.22. The highest BCUT2D eigenvalue weighted by Crippen LogP contribution is 2.43. The summed E-state index contributed by atoms with van der Waals surface area (Å²) in [5.74, 6) is 0.637. The molecule has 1 aromatic carbocycles. The van der Waals surface area contributed by atoms with Crippen LogP contribution in [0.25, 0.3) is 0 Å². The summed E-state index contributed by atoms with van der Waals surface area (Å²) < 4.78 is 1.08. The molecule has 0 spiro atoms. The Bertz CT molecular complexity index is 375. The molecule has 1 saturated carbocycles. The van der Waals surface area contributed by atoms with Crippen molar-refractivity contribution in [2.24, 2.45) is 5.92 Å². The third-order valence-electron chi connectivity index (χ3n) is 3.43. The first kappa shape index (κ1) is 11.2. The summed E-state index contributed by atoms with van der Waals surface area (Å²) in [4.78, 5) is 0. The van der Waals surface area contributed by atoms with Crippen LogP contribution in [-0.2, 0) is 5.60 Å². The molecule has 1 aromatic rings. The lowest BCUT2D eigenvalue weighted by molar-refractivity contribution is 0.0401. The van der Waals surface area contributed by atoms with E-state index in [1.54, 1.807) is 0 Å². The van der Waals surface area contributed by atoms with Crippen molar-refractivity contribution < 1.29 is 5.11 Å². The summed E-state index contributed by atoms with van der Waals surface area (Å²) >= 11 is 3.45. The molecule has 0 amide bonds. The Kier molecular flexibility index (Phi) is 2.91. The molecule has 15 heavy (non-hydrogen) atoms. The van der Waals surface area contributed by atoms with E-state index in [1.165, 1.54) is 5.56 Å². The van der Waals surface area contributed by atoms with E-state index in [-0.39, 0.29) is 0 Å². The molecule has 0 aromatic heterocycles. The van der Waals surface area contributed by atoms with Gasteiger partial charge in [-0.3, -0.25) is 0 Å². The van der Waals surface area contributed by atoms with Gasteiger partial charge < -0.3 is 5.11 Å². The number of hydrogen-bond donors (Lipinski definition) is 1. The van der Waals surface area contributed by atoms with Crippen molar-refractivity contribution in [1.82, 2.24) is 0 Å². The Morgan fingerprint density at radius 1 is 1.47 bits per heavy atom. The summed E-state index contributed by atoms with van der Waals surface area (Å²) in [6, 6.07) is 6.15. The maximum Gasteiger partial charge on any atom is 0.0901 e. The molecule has 2 heteroatoms. The first-order valence-corrected chi connectivity index (χ1v) is 6.29. The smallest absolute Gasteiger partial charge is 0.0901 e. The lowest BCUT2D eigenvalue weighted by atomic mass is 9.88. The zero-order valence-corrected chi connectivity index (χ0v) is 10.8. The SMILES string of the molecule is Cc1cc(Br)ccc1[C@]1(O)CC[C@@H](C)C1. The van der Waals surface area contributed by atoms with Crippen LogP contribution in [0.3, 0.4) is 0 Å². The fourth-order valence-corrected chi connectivity index (χ4v) is 3.14. The largest absolute Gasteiger partial charge is 0.385 e. The standard InChI is InChI=1S/C13H17BrO/c1-9-5-6-13(15,8-9)12-4-3-11(14)7-10(12)2/h3-4,7,9,15H,5-6,8H2,1-2H3/t9-,13+/m1/s1. The molecule has 2 atom stereocenters. The molecule has 1 aliphatic rings. The van der Waals surface area contributed by atoms with Crippen LogP contribution in [0.15, 0.2) is 22.7 Å². The highest BCUT2D eigenvalue weighted by Gasteiger charge is 2.37. The molecule has 0 radical (unpaired) electrons. The minimum Gasteiger partial charge on any atom is -0.385 e. The molecule has 0 saturated heterocycles. The zero-order chi connectivity index (χ0) is 11.1. The van der Waals surface area contributed by atoms with Crippen molar-refractivity contribution in [2.75, 3.05) is 0 Å². The second-order valence-corrected chi connectivity index (χ2v) is 5.75. The molecule has 2 rings (SSSR count). The lowest BCUT2D eigenvalue weighted by Gasteiger charge is -2.25. The predicted octanol–water partition coefficient (Wildman–Crippen LogP) is 3.77. The van der Waals surface area contributed by atoms with E-state index in [1.807, 2.05) is 6.07 Å². The van der Waals surface area contributed by atoms with Crippen LogP contribution in [0.2, 0.25) is 0 Å². The number of rotatable bonds is 1. The van der Waals surface area contributed by atoms with E-state index in [0.29, 0.717) is 5.92 Å². The first-order valence-electron chi connectivity index (χ1n) is 5.50. The van der Waals surface area contributed by atoms with Gasteiger partial charge in [0, 0.05) is 4.47 Å². The summed E-state index contributed by atoms with van der Waals surface area (Å²) in [5, 5.41) is 10.6. The molecule has 1 nitrogen and oxygen atoms in total. The van der Waals surface area contributed by atoms with Crippen LogP contribution >= 0.6 is 15.9 Å². The van der Waals surface area contributed by atoms with Crippen molar-refractivity contribution >= 4 is 15.9 Å². The third-order valence-corrected chi connectivity index (χ3v) is 3.92. The second kappa shape index (κ2) is 3.91. The van der Waals surface area contributed by atoms with E-state index >= 15 is 0 Å². The minimum atomic E-state index is -0.579. The van der Waals surface area contributed by atoms with E-state index < -0.39 is 5.60 Å². The van der Waals surface area contributed by atoms with E-state index in [0.717, 1.165) is 29.3 Å². The van der Waals surface area contributed by atoms with Crippen molar-refractivity contribution in [3.05, 3.63) is 33.8 Å². The van der Waals surface area contributed by atoms with Gasteiger partial charge in [0.2, 0.25) is 0 Å². The number of aliphatic hydroxyl groups is 1. The van der Waals surface area contributed by atoms with Crippen molar-refractivity contribution in [1.29, 1.82) is 0 Å². The van der Waals surface area contributed by atoms with E-state index in [9.17, 15) is 5.11 Å². The number of benzene rings is 1. The van der Waals surface area contributed by atoms with E-state index in [4.69, 9.17) is 0 Å². The predicted molar refractivity (Wildman–Crippen MR) is 65.8 cm³/mol. The van der Waals surface area contributed by atoms with Crippen molar-refractivity contribution in [2.45, 2.75) is 38.7 Å². The molecule has 0 bridgehead atoms. The Balaban J connectivity index is 2.37. The van der Waals surface area contributed by atoms with Gasteiger partial charge in [-0.15, -0.1) is 0 Å². The summed E-state index contributed by atoms with van der Waals surface area (Å²) in [6.45, 7) is 4.28. The monoisotopic (exact) mass is 268 g/mol. The van der Waals surface area contributed by atoms with Gasteiger partial charge in [-0.25, -0.2) is 0 Å². The molecule has 1 aliphatic carbocycles. The Morgan fingerprint density at radius 3 is 2.73 bits per heavy atom. The van der Waals surface area contributed by atoms with Gasteiger partial charge in [0.25, 0.3) is 0 Å². The van der Waals surface area contributed by atoms with Crippen LogP contribution in [0.5, 0.6) is 0 Å². The van der Waals surface area contributed by atoms with Crippen LogP contribution in [0, 0.1) is 12.8 Å². The van der Waals surface area contributed by atoms with Crippen molar-refractivity contribution in [3.63, 3.8) is 0 Å². The summed E-state index contributed by atoms with van der Waals surface area (Å²) in [6.07, 6.45) is 2.93. The van der Waals surface area contributed by atoms with Gasteiger partial charge in [0.15, 0.2) is 0 Å². The Morgan fingerprint density at radius 2 is 2.20 bits per heavy atom. The zero-order valence-electron chi connectivity index (χ0n) is 9.26. The molecule has 0 heterocycles. The van der Waals surface area contributed by atoms with Gasteiger partial charge >= 0.3 is 0 Å². The number of hydrogen-bond acceptors (Lipinski definition) is 1. The van der Waals surface area contributed by atoms with Crippen LogP contribution < -0.4 is 0 Å². The third kappa shape index (κ3) is 2.11. The van der Waals surface area contributed by atoms with Crippen molar-refractivity contribution in [3.8, 4) is 0 Å². The van der Waals surface area contributed by atoms with E-state index in [2.05, 4.69) is 41.9 Å². The molecule has 0 unspecified atom stereocenters. The fraction of sp³-hybridized carbons (Fsp3) is 0.538. The van der Waals surface area contributed by atoms with Crippen LogP contribution in [0.1, 0.15) is 37.3 Å². The molecule has 1 fully saturated rings. The Hall–Kier alpha value is -0.340. The Labute approximate surface area is 99.6 Å². The average molecular weight is 269 g/mol. The molecule has 1 N–H and O–H groups in total. The highest BCUT2D eigenvalue weighted by molar-refractivity contribution is 9.10. The normalized spacial score (nSPS) is 30.8. The summed E-state index contributed by atoms with van der Waals surface area (Å²) in [5.41, 5.74) is 1.71. The number of halogens is 1. The average Bonchev–Trinajstić information content (AvgIpc) is 2.46. The highest BCUT2D eigenvalue weighted by atomic mass is 79.9.